The van der Waals surface area contributed by atoms with E-state index < -0.39 is 0 Å². The molecule has 2 aromatic carbocycles. The van der Waals surface area contributed by atoms with Crippen LogP contribution in [0.15, 0.2) is 54.7 Å². The lowest BCUT2D eigenvalue weighted by atomic mass is 10.1. The molecule has 0 aliphatic heterocycles. The van der Waals surface area contributed by atoms with E-state index >= 15 is 0 Å². The number of aromatic nitrogens is 1. The van der Waals surface area contributed by atoms with Crippen LogP contribution in [0.3, 0.4) is 0 Å². The molecule has 0 radical (unpaired) electrons. The highest BCUT2D eigenvalue weighted by Gasteiger charge is 2.08. The van der Waals surface area contributed by atoms with Crippen molar-refractivity contribution in [1.82, 2.24) is 4.98 Å². The van der Waals surface area contributed by atoms with Gasteiger partial charge in [-0.05, 0) is 29.8 Å². The fourth-order valence-corrected chi connectivity index (χ4v) is 2.88. The van der Waals surface area contributed by atoms with Crippen LogP contribution in [0.1, 0.15) is 11.1 Å². The summed E-state index contributed by atoms with van der Waals surface area (Å²) in [5.41, 5.74) is 3.13. The van der Waals surface area contributed by atoms with Gasteiger partial charge in [0.2, 0.25) is 0 Å². The number of fused-ring (bicyclic) bond motifs is 1. The SMILES string of the molecule is Clc1cccc(CBr)c1OCc1ccc2ncccc2c1. The molecule has 0 bridgehead atoms. The Balaban J connectivity index is 1.83. The largest absolute Gasteiger partial charge is 0.487 e. The molecule has 0 saturated carbocycles. The molecule has 4 heteroatoms. The van der Waals surface area contributed by atoms with Gasteiger partial charge < -0.3 is 4.74 Å². The van der Waals surface area contributed by atoms with E-state index in [2.05, 4.69) is 27.0 Å². The number of benzene rings is 2. The minimum absolute atomic E-state index is 0.481. The van der Waals surface area contributed by atoms with Crippen LogP contribution in [-0.4, -0.2) is 4.98 Å². The summed E-state index contributed by atoms with van der Waals surface area (Å²) in [5, 5.41) is 2.46. The fraction of sp³-hybridized carbons (Fsp3) is 0.118. The molecule has 106 valence electrons. The summed E-state index contributed by atoms with van der Waals surface area (Å²) in [4.78, 5) is 4.31. The van der Waals surface area contributed by atoms with E-state index in [-0.39, 0.29) is 0 Å². The second-order valence-electron chi connectivity index (χ2n) is 4.68. The van der Waals surface area contributed by atoms with Crippen LogP contribution in [0.4, 0.5) is 0 Å². The number of rotatable bonds is 4. The Morgan fingerprint density at radius 3 is 2.86 bits per heavy atom. The van der Waals surface area contributed by atoms with Crippen LogP contribution in [0.5, 0.6) is 5.75 Å². The lowest BCUT2D eigenvalue weighted by Gasteiger charge is -2.12. The zero-order valence-corrected chi connectivity index (χ0v) is 13.6. The number of halogens is 2. The van der Waals surface area contributed by atoms with Crippen LogP contribution < -0.4 is 4.74 Å². The predicted octanol–water partition coefficient (Wildman–Crippen LogP) is 5.36. The summed E-state index contributed by atoms with van der Waals surface area (Å²) in [6.45, 7) is 0.481. The summed E-state index contributed by atoms with van der Waals surface area (Å²) >= 11 is 9.67. The molecule has 0 aliphatic rings. The topological polar surface area (TPSA) is 22.1 Å². The number of pyridine rings is 1. The van der Waals surface area contributed by atoms with Gasteiger partial charge >= 0.3 is 0 Å². The van der Waals surface area contributed by atoms with E-state index in [1.54, 1.807) is 6.20 Å². The molecule has 0 saturated heterocycles. The second kappa shape index (κ2) is 6.46. The maximum atomic E-state index is 6.21. The summed E-state index contributed by atoms with van der Waals surface area (Å²) in [5.74, 6) is 0.738. The van der Waals surface area contributed by atoms with E-state index in [9.17, 15) is 0 Å². The van der Waals surface area contributed by atoms with Crippen molar-refractivity contribution in [2.24, 2.45) is 0 Å². The van der Waals surface area contributed by atoms with Crippen molar-refractivity contribution in [3.63, 3.8) is 0 Å². The summed E-state index contributed by atoms with van der Waals surface area (Å²) in [6.07, 6.45) is 1.80. The quantitative estimate of drug-likeness (QED) is 0.583. The second-order valence-corrected chi connectivity index (χ2v) is 5.65. The van der Waals surface area contributed by atoms with Gasteiger partial charge in [-0.2, -0.15) is 0 Å². The van der Waals surface area contributed by atoms with Crippen molar-refractivity contribution in [2.45, 2.75) is 11.9 Å². The Hall–Kier alpha value is -1.58. The smallest absolute Gasteiger partial charge is 0.142 e. The number of hydrogen-bond donors (Lipinski definition) is 0. The molecule has 2 nitrogen and oxygen atoms in total. The zero-order valence-electron chi connectivity index (χ0n) is 11.2. The van der Waals surface area contributed by atoms with Gasteiger partial charge in [0.05, 0.1) is 10.5 Å². The molecule has 3 aromatic rings. The van der Waals surface area contributed by atoms with E-state index in [1.807, 2.05) is 42.5 Å². The predicted molar refractivity (Wildman–Crippen MR) is 90.2 cm³/mol. The van der Waals surface area contributed by atoms with Gasteiger partial charge in [0, 0.05) is 22.5 Å². The van der Waals surface area contributed by atoms with Crippen molar-refractivity contribution in [3.05, 3.63) is 70.9 Å². The van der Waals surface area contributed by atoms with Gasteiger partial charge in [0.25, 0.3) is 0 Å². The standard InChI is InChI=1S/C17H13BrClNO/c18-10-14-3-1-5-15(19)17(14)21-11-12-6-7-16-13(9-12)4-2-8-20-16/h1-9H,10-11H2. The fourth-order valence-electron chi connectivity index (χ4n) is 2.19. The first-order valence-electron chi connectivity index (χ1n) is 6.58. The Morgan fingerprint density at radius 1 is 1.10 bits per heavy atom. The molecule has 1 heterocycles. The Kier molecular flexibility index (Phi) is 4.42. The number of para-hydroxylation sites is 1. The minimum atomic E-state index is 0.481. The van der Waals surface area contributed by atoms with E-state index in [0.29, 0.717) is 17.0 Å². The molecular formula is C17H13BrClNO. The van der Waals surface area contributed by atoms with Crippen LogP contribution >= 0.6 is 27.5 Å². The first-order chi connectivity index (χ1) is 10.3. The number of hydrogen-bond acceptors (Lipinski definition) is 2. The minimum Gasteiger partial charge on any atom is -0.487 e. The Bertz CT molecular complexity index is 776. The molecule has 0 atom stereocenters. The van der Waals surface area contributed by atoms with Crippen LogP contribution in [0.25, 0.3) is 10.9 Å². The molecule has 0 amide bonds. The molecular weight excluding hydrogens is 350 g/mol. The van der Waals surface area contributed by atoms with Crippen LogP contribution in [-0.2, 0) is 11.9 Å². The molecule has 0 spiro atoms. The van der Waals surface area contributed by atoms with E-state index in [4.69, 9.17) is 16.3 Å². The molecule has 0 aliphatic carbocycles. The number of ether oxygens (including phenoxy) is 1. The van der Waals surface area contributed by atoms with Crippen molar-refractivity contribution >= 4 is 38.4 Å². The van der Waals surface area contributed by atoms with Gasteiger partial charge in [-0.1, -0.05) is 51.8 Å². The van der Waals surface area contributed by atoms with Gasteiger partial charge in [0.1, 0.15) is 12.4 Å². The monoisotopic (exact) mass is 361 g/mol. The maximum absolute atomic E-state index is 6.21. The van der Waals surface area contributed by atoms with Crippen molar-refractivity contribution < 1.29 is 4.74 Å². The third-order valence-electron chi connectivity index (χ3n) is 3.24. The van der Waals surface area contributed by atoms with Crippen molar-refractivity contribution in [1.29, 1.82) is 0 Å². The molecule has 0 N–H and O–H groups in total. The summed E-state index contributed by atoms with van der Waals surface area (Å²) in [6, 6.07) is 15.9. The number of nitrogens with zero attached hydrogens (tertiary/aromatic N) is 1. The lowest BCUT2D eigenvalue weighted by Crippen LogP contribution is -1.98. The Morgan fingerprint density at radius 2 is 2.00 bits per heavy atom. The van der Waals surface area contributed by atoms with E-state index in [0.717, 1.165) is 27.8 Å². The maximum Gasteiger partial charge on any atom is 0.142 e. The van der Waals surface area contributed by atoms with E-state index in [1.165, 1.54) is 0 Å². The highest BCUT2D eigenvalue weighted by molar-refractivity contribution is 9.08. The zero-order chi connectivity index (χ0) is 14.7. The van der Waals surface area contributed by atoms with Gasteiger partial charge in [-0.3, -0.25) is 4.98 Å². The molecule has 1 aromatic heterocycles. The molecule has 0 unspecified atom stereocenters. The first kappa shape index (κ1) is 14.4. The molecule has 0 fully saturated rings. The van der Waals surface area contributed by atoms with Gasteiger partial charge in [-0.15, -0.1) is 0 Å². The normalized spacial score (nSPS) is 10.8. The molecule has 3 rings (SSSR count). The third-order valence-corrected chi connectivity index (χ3v) is 4.14. The third kappa shape index (κ3) is 3.20. The highest BCUT2D eigenvalue weighted by atomic mass is 79.9. The van der Waals surface area contributed by atoms with Crippen molar-refractivity contribution in [3.8, 4) is 5.75 Å². The lowest BCUT2D eigenvalue weighted by molar-refractivity contribution is 0.304. The Labute approximate surface area is 136 Å². The van der Waals surface area contributed by atoms with Gasteiger partial charge in [-0.25, -0.2) is 0 Å². The van der Waals surface area contributed by atoms with Gasteiger partial charge in [0.15, 0.2) is 0 Å². The van der Waals surface area contributed by atoms with Crippen molar-refractivity contribution in [2.75, 3.05) is 0 Å². The van der Waals surface area contributed by atoms with Crippen LogP contribution in [0.2, 0.25) is 5.02 Å². The summed E-state index contributed by atoms with van der Waals surface area (Å²) in [7, 11) is 0. The molecule has 21 heavy (non-hydrogen) atoms. The number of alkyl halides is 1. The average Bonchev–Trinajstić information content (AvgIpc) is 2.53. The average molecular weight is 363 g/mol. The first-order valence-corrected chi connectivity index (χ1v) is 8.07. The van der Waals surface area contributed by atoms with Crippen LogP contribution in [0, 0.1) is 0 Å². The summed E-state index contributed by atoms with van der Waals surface area (Å²) < 4.78 is 5.91. The highest BCUT2D eigenvalue weighted by Crippen LogP contribution is 2.31.